The highest BCUT2D eigenvalue weighted by molar-refractivity contribution is 14.0. The SMILES string of the molecule is CN=C(NCCN1CCSCC1)N1CCC(Oc2ccccn2)C1.I. The molecule has 2 aliphatic heterocycles. The van der Waals surface area contributed by atoms with Crippen molar-refractivity contribution in [2.24, 2.45) is 4.99 Å². The van der Waals surface area contributed by atoms with Crippen molar-refractivity contribution >= 4 is 41.7 Å². The molecule has 3 rings (SSSR count). The summed E-state index contributed by atoms with van der Waals surface area (Å²) >= 11 is 2.05. The molecule has 1 unspecified atom stereocenters. The number of nitrogens with zero attached hydrogens (tertiary/aromatic N) is 4. The van der Waals surface area contributed by atoms with Crippen LogP contribution in [0.1, 0.15) is 6.42 Å². The highest BCUT2D eigenvalue weighted by atomic mass is 127. The van der Waals surface area contributed by atoms with Crippen LogP contribution >= 0.6 is 35.7 Å². The molecule has 1 N–H and O–H groups in total. The first-order chi connectivity index (χ1) is 11.8. The van der Waals surface area contributed by atoms with Gasteiger partial charge in [-0.1, -0.05) is 6.07 Å². The maximum absolute atomic E-state index is 5.95. The van der Waals surface area contributed by atoms with Crippen molar-refractivity contribution < 1.29 is 4.74 Å². The number of aromatic nitrogens is 1. The van der Waals surface area contributed by atoms with Crippen molar-refractivity contribution in [1.82, 2.24) is 20.1 Å². The van der Waals surface area contributed by atoms with Crippen molar-refractivity contribution in [3.63, 3.8) is 0 Å². The Bertz CT molecular complexity index is 527. The molecule has 0 aromatic carbocycles. The normalized spacial score (nSPS) is 21.7. The molecule has 0 aliphatic carbocycles. The smallest absolute Gasteiger partial charge is 0.213 e. The average molecular weight is 477 g/mol. The molecule has 0 radical (unpaired) electrons. The minimum Gasteiger partial charge on any atom is -0.472 e. The molecule has 1 aromatic rings. The lowest BCUT2D eigenvalue weighted by atomic mass is 10.3. The van der Waals surface area contributed by atoms with Crippen LogP contribution in [0.5, 0.6) is 5.88 Å². The molecule has 2 fully saturated rings. The summed E-state index contributed by atoms with van der Waals surface area (Å²) in [5.41, 5.74) is 0. The van der Waals surface area contributed by atoms with Crippen LogP contribution in [-0.4, -0.2) is 84.7 Å². The third-order valence-corrected chi connectivity index (χ3v) is 5.34. The van der Waals surface area contributed by atoms with Crippen molar-refractivity contribution in [2.75, 3.05) is 57.8 Å². The number of guanidine groups is 1. The van der Waals surface area contributed by atoms with E-state index in [1.165, 1.54) is 24.6 Å². The first-order valence-corrected chi connectivity index (χ1v) is 9.84. The van der Waals surface area contributed by atoms with Crippen LogP contribution in [0.2, 0.25) is 0 Å². The summed E-state index contributed by atoms with van der Waals surface area (Å²) < 4.78 is 5.95. The summed E-state index contributed by atoms with van der Waals surface area (Å²) in [6.07, 6.45) is 2.94. The van der Waals surface area contributed by atoms with E-state index in [1.54, 1.807) is 6.20 Å². The van der Waals surface area contributed by atoms with E-state index in [9.17, 15) is 0 Å². The van der Waals surface area contributed by atoms with E-state index in [-0.39, 0.29) is 30.1 Å². The number of nitrogens with one attached hydrogen (secondary N) is 1. The lowest BCUT2D eigenvalue weighted by Crippen LogP contribution is -2.45. The summed E-state index contributed by atoms with van der Waals surface area (Å²) in [5, 5.41) is 3.50. The summed E-state index contributed by atoms with van der Waals surface area (Å²) in [4.78, 5) is 13.5. The Morgan fingerprint density at radius 1 is 1.36 bits per heavy atom. The van der Waals surface area contributed by atoms with Gasteiger partial charge in [-0.05, 0) is 6.07 Å². The van der Waals surface area contributed by atoms with Gasteiger partial charge in [-0.2, -0.15) is 11.8 Å². The van der Waals surface area contributed by atoms with E-state index in [2.05, 4.69) is 36.9 Å². The molecule has 1 atom stereocenters. The van der Waals surface area contributed by atoms with Gasteiger partial charge in [0.15, 0.2) is 5.96 Å². The van der Waals surface area contributed by atoms with Crippen molar-refractivity contribution in [1.29, 1.82) is 0 Å². The Balaban J connectivity index is 0.00000225. The summed E-state index contributed by atoms with van der Waals surface area (Å²) in [6.45, 7) is 6.26. The highest BCUT2D eigenvalue weighted by Gasteiger charge is 2.26. The van der Waals surface area contributed by atoms with Gasteiger partial charge in [0.2, 0.25) is 5.88 Å². The van der Waals surface area contributed by atoms with E-state index >= 15 is 0 Å². The lowest BCUT2D eigenvalue weighted by molar-refractivity contribution is 0.205. The van der Waals surface area contributed by atoms with Gasteiger partial charge in [0.25, 0.3) is 0 Å². The number of likely N-dealkylation sites (tertiary alicyclic amines) is 1. The Morgan fingerprint density at radius 2 is 2.20 bits per heavy atom. The largest absolute Gasteiger partial charge is 0.472 e. The number of hydrogen-bond acceptors (Lipinski definition) is 5. The van der Waals surface area contributed by atoms with Gasteiger partial charge in [-0.3, -0.25) is 9.89 Å². The van der Waals surface area contributed by atoms with Crippen LogP contribution in [0.3, 0.4) is 0 Å². The van der Waals surface area contributed by atoms with Gasteiger partial charge in [-0.25, -0.2) is 4.98 Å². The van der Waals surface area contributed by atoms with Gasteiger partial charge in [-0.15, -0.1) is 24.0 Å². The Kier molecular flexibility index (Phi) is 9.11. The zero-order valence-electron chi connectivity index (χ0n) is 14.8. The number of thioether (sulfide) groups is 1. The van der Waals surface area contributed by atoms with E-state index in [1.807, 2.05) is 25.2 Å². The molecule has 0 spiro atoms. The van der Waals surface area contributed by atoms with Gasteiger partial charge < -0.3 is 15.0 Å². The van der Waals surface area contributed by atoms with Gasteiger partial charge in [0.05, 0.1) is 6.54 Å². The number of ether oxygens (including phenoxy) is 1. The highest BCUT2D eigenvalue weighted by Crippen LogP contribution is 2.16. The molecule has 6 nitrogen and oxygen atoms in total. The predicted molar refractivity (Wildman–Crippen MR) is 115 cm³/mol. The number of pyridine rings is 1. The molecule has 2 saturated heterocycles. The molecular formula is C17H28IN5OS. The fraction of sp³-hybridized carbons (Fsp3) is 0.647. The molecular weight excluding hydrogens is 449 g/mol. The lowest BCUT2D eigenvalue weighted by Gasteiger charge is -2.27. The van der Waals surface area contributed by atoms with E-state index in [4.69, 9.17) is 4.74 Å². The second kappa shape index (κ2) is 11.1. The fourth-order valence-electron chi connectivity index (χ4n) is 3.09. The van der Waals surface area contributed by atoms with Gasteiger partial charge in [0.1, 0.15) is 6.10 Å². The van der Waals surface area contributed by atoms with Crippen molar-refractivity contribution in [3.05, 3.63) is 24.4 Å². The maximum Gasteiger partial charge on any atom is 0.213 e. The fourth-order valence-corrected chi connectivity index (χ4v) is 4.07. The zero-order valence-corrected chi connectivity index (χ0v) is 17.9. The van der Waals surface area contributed by atoms with Crippen LogP contribution in [0.25, 0.3) is 0 Å². The minimum atomic E-state index is 0. The first kappa shape index (κ1) is 20.6. The second-order valence-corrected chi connectivity index (χ2v) is 7.30. The molecule has 140 valence electrons. The number of hydrogen-bond donors (Lipinski definition) is 1. The molecule has 8 heteroatoms. The van der Waals surface area contributed by atoms with E-state index in [0.717, 1.165) is 38.6 Å². The number of rotatable bonds is 5. The zero-order chi connectivity index (χ0) is 16.6. The molecule has 25 heavy (non-hydrogen) atoms. The molecule has 1 aromatic heterocycles. The van der Waals surface area contributed by atoms with Crippen molar-refractivity contribution in [3.8, 4) is 5.88 Å². The number of halogens is 1. The molecule has 0 bridgehead atoms. The maximum atomic E-state index is 5.95. The number of aliphatic imine (C=N–C) groups is 1. The van der Waals surface area contributed by atoms with Crippen LogP contribution < -0.4 is 10.1 Å². The van der Waals surface area contributed by atoms with E-state index in [0.29, 0.717) is 5.88 Å². The summed E-state index contributed by atoms with van der Waals surface area (Å²) in [7, 11) is 1.85. The van der Waals surface area contributed by atoms with Crippen molar-refractivity contribution in [2.45, 2.75) is 12.5 Å². The Labute approximate surface area is 171 Å². The van der Waals surface area contributed by atoms with Crippen LogP contribution in [0, 0.1) is 0 Å². The Hall–Kier alpha value is -0.740. The molecule has 0 amide bonds. The van der Waals surface area contributed by atoms with Crippen LogP contribution in [0.15, 0.2) is 29.4 Å². The average Bonchev–Trinajstić information content (AvgIpc) is 3.09. The monoisotopic (exact) mass is 477 g/mol. The standard InChI is InChI=1S/C17H27N5OS.HI/c1-18-17(20-7-9-21-10-12-24-13-11-21)22-8-5-15(14-22)23-16-4-2-3-6-19-16;/h2-4,6,15H,5,7-14H2,1H3,(H,18,20);1H. The third kappa shape index (κ3) is 6.49. The third-order valence-electron chi connectivity index (χ3n) is 4.40. The minimum absolute atomic E-state index is 0. The van der Waals surface area contributed by atoms with Gasteiger partial charge in [0, 0.05) is 70.0 Å². The summed E-state index contributed by atoms with van der Waals surface area (Å²) in [6, 6.07) is 5.77. The topological polar surface area (TPSA) is 53.0 Å². The molecule has 3 heterocycles. The second-order valence-electron chi connectivity index (χ2n) is 6.07. The van der Waals surface area contributed by atoms with Crippen LogP contribution in [-0.2, 0) is 0 Å². The van der Waals surface area contributed by atoms with Crippen LogP contribution in [0.4, 0.5) is 0 Å². The van der Waals surface area contributed by atoms with E-state index < -0.39 is 0 Å². The Morgan fingerprint density at radius 3 is 2.92 bits per heavy atom. The molecule has 0 saturated carbocycles. The predicted octanol–water partition coefficient (Wildman–Crippen LogP) is 1.78. The quantitative estimate of drug-likeness (QED) is 0.397. The summed E-state index contributed by atoms with van der Waals surface area (Å²) in [5.74, 6) is 4.20. The van der Waals surface area contributed by atoms with Gasteiger partial charge >= 0.3 is 0 Å². The first-order valence-electron chi connectivity index (χ1n) is 8.68. The molecule has 2 aliphatic rings.